The van der Waals surface area contributed by atoms with Crippen LogP contribution in [0.3, 0.4) is 0 Å². The maximum Gasteiger partial charge on any atom is 0.218 e. The van der Waals surface area contributed by atoms with Crippen molar-refractivity contribution in [1.29, 1.82) is 0 Å². The van der Waals surface area contributed by atoms with E-state index in [1.165, 1.54) is 12.1 Å². The van der Waals surface area contributed by atoms with Crippen molar-refractivity contribution in [2.45, 2.75) is 33.0 Å². The lowest BCUT2D eigenvalue weighted by Gasteiger charge is -2.13. The molecular weight excluding hydrogens is 274 g/mol. The van der Waals surface area contributed by atoms with Gasteiger partial charge in [0.1, 0.15) is 11.6 Å². The lowest BCUT2D eigenvalue weighted by molar-refractivity contribution is 0.229. The molecule has 0 unspecified atom stereocenters. The number of hydrogen-bond donors (Lipinski definition) is 1. The van der Waals surface area contributed by atoms with Crippen LogP contribution in [-0.2, 0) is 13.1 Å². The molecule has 0 fully saturated rings. The van der Waals surface area contributed by atoms with Gasteiger partial charge >= 0.3 is 0 Å². The van der Waals surface area contributed by atoms with Crippen LogP contribution in [0.2, 0.25) is 0 Å². The van der Waals surface area contributed by atoms with Crippen LogP contribution in [0.4, 0.5) is 8.78 Å². The zero-order chi connectivity index (χ0) is 15.2. The highest BCUT2D eigenvalue weighted by Gasteiger charge is 2.07. The summed E-state index contributed by atoms with van der Waals surface area (Å²) in [6.07, 6.45) is 1.71. The number of hydrogen-bond acceptors (Lipinski definition) is 3. The molecule has 0 bridgehead atoms. The maximum absolute atomic E-state index is 13.1. The van der Waals surface area contributed by atoms with E-state index in [2.05, 4.69) is 10.3 Å². The molecule has 0 spiro atoms. The highest BCUT2D eigenvalue weighted by atomic mass is 19.1. The first kappa shape index (κ1) is 15.4. The van der Waals surface area contributed by atoms with Gasteiger partial charge in [0.05, 0.1) is 6.10 Å². The molecule has 0 radical (unpaired) electrons. The minimum atomic E-state index is -0.572. The summed E-state index contributed by atoms with van der Waals surface area (Å²) in [6, 6.07) is 7.21. The second-order valence-electron chi connectivity index (χ2n) is 5.02. The van der Waals surface area contributed by atoms with E-state index in [-0.39, 0.29) is 6.10 Å². The predicted octanol–water partition coefficient (Wildman–Crippen LogP) is 3.44. The number of nitrogens with one attached hydrogen (secondary N) is 1. The van der Waals surface area contributed by atoms with E-state index in [4.69, 9.17) is 4.74 Å². The third-order valence-electron chi connectivity index (χ3n) is 2.76. The van der Waals surface area contributed by atoms with Gasteiger partial charge < -0.3 is 10.1 Å². The van der Waals surface area contributed by atoms with Crippen molar-refractivity contribution in [3.63, 3.8) is 0 Å². The minimum absolute atomic E-state index is 0.0379. The van der Waals surface area contributed by atoms with Crippen LogP contribution < -0.4 is 10.1 Å². The number of halogens is 2. The van der Waals surface area contributed by atoms with E-state index in [0.29, 0.717) is 24.5 Å². The molecule has 0 aliphatic carbocycles. The first-order valence-electron chi connectivity index (χ1n) is 6.81. The molecule has 21 heavy (non-hydrogen) atoms. The Kier molecular flexibility index (Phi) is 5.22. The van der Waals surface area contributed by atoms with E-state index < -0.39 is 11.6 Å². The third kappa shape index (κ3) is 4.79. The van der Waals surface area contributed by atoms with Crippen LogP contribution in [0.25, 0.3) is 0 Å². The molecule has 1 N–H and O–H groups in total. The predicted molar refractivity (Wildman–Crippen MR) is 76.9 cm³/mol. The summed E-state index contributed by atoms with van der Waals surface area (Å²) < 4.78 is 31.8. The average molecular weight is 292 g/mol. The normalized spacial score (nSPS) is 10.9. The number of pyridine rings is 1. The Morgan fingerprint density at radius 2 is 1.86 bits per heavy atom. The van der Waals surface area contributed by atoms with Gasteiger partial charge in [0, 0.05) is 30.9 Å². The second-order valence-corrected chi connectivity index (χ2v) is 5.02. The SMILES string of the molecule is CC(C)Oc1ncccc1CNCc1cc(F)cc(F)c1. The Balaban J connectivity index is 1.97. The highest BCUT2D eigenvalue weighted by molar-refractivity contribution is 5.25. The van der Waals surface area contributed by atoms with Crippen molar-refractivity contribution in [2.24, 2.45) is 0 Å². The highest BCUT2D eigenvalue weighted by Crippen LogP contribution is 2.16. The average Bonchev–Trinajstić information content (AvgIpc) is 2.39. The lowest BCUT2D eigenvalue weighted by atomic mass is 10.2. The third-order valence-corrected chi connectivity index (χ3v) is 2.76. The molecule has 0 saturated carbocycles. The van der Waals surface area contributed by atoms with Crippen LogP contribution in [0.5, 0.6) is 5.88 Å². The summed E-state index contributed by atoms with van der Waals surface area (Å²) in [6.45, 7) is 4.74. The van der Waals surface area contributed by atoms with Crippen molar-refractivity contribution in [3.8, 4) is 5.88 Å². The van der Waals surface area contributed by atoms with Crippen LogP contribution in [-0.4, -0.2) is 11.1 Å². The minimum Gasteiger partial charge on any atom is -0.475 e. The van der Waals surface area contributed by atoms with Crippen molar-refractivity contribution < 1.29 is 13.5 Å². The Morgan fingerprint density at radius 3 is 2.52 bits per heavy atom. The van der Waals surface area contributed by atoms with Crippen LogP contribution in [0.15, 0.2) is 36.5 Å². The fourth-order valence-corrected chi connectivity index (χ4v) is 1.94. The van der Waals surface area contributed by atoms with E-state index in [1.54, 1.807) is 6.20 Å². The summed E-state index contributed by atoms with van der Waals surface area (Å²) >= 11 is 0. The van der Waals surface area contributed by atoms with Gasteiger partial charge in [-0.15, -0.1) is 0 Å². The molecule has 3 nitrogen and oxygen atoms in total. The first-order chi connectivity index (χ1) is 10.0. The van der Waals surface area contributed by atoms with Crippen molar-refractivity contribution in [1.82, 2.24) is 10.3 Å². The summed E-state index contributed by atoms with van der Waals surface area (Å²) in [7, 11) is 0. The topological polar surface area (TPSA) is 34.1 Å². The molecule has 2 aromatic rings. The molecule has 0 aliphatic rings. The molecule has 0 atom stereocenters. The molecule has 112 valence electrons. The standard InChI is InChI=1S/C16H18F2N2O/c1-11(2)21-16-13(4-3-5-20-16)10-19-9-12-6-14(17)8-15(18)7-12/h3-8,11,19H,9-10H2,1-2H3. The van der Waals surface area contributed by atoms with E-state index in [0.717, 1.165) is 11.6 Å². The number of aromatic nitrogens is 1. The molecule has 0 saturated heterocycles. The van der Waals surface area contributed by atoms with Gasteiger partial charge in [0.15, 0.2) is 0 Å². The summed E-state index contributed by atoms with van der Waals surface area (Å²) in [4.78, 5) is 4.19. The first-order valence-corrected chi connectivity index (χ1v) is 6.81. The number of ether oxygens (including phenoxy) is 1. The molecule has 1 aromatic heterocycles. The monoisotopic (exact) mass is 292 g/mol. The van der Waals surface area contributed by atoms with Gasteiger partial charge in [0.2, 0.25) is 5.88 Å². The zero-order valence-electron chi connectivity index (χ0n) is 12.1. The Labute approximate surface area is 123 Å². The molecule has 5 heteroatoms. The molecule has 0 aliphatic heterocycles. The summed E-state index contributed by atoms with van der Waals surface area (Å²) in [5, 5.41) is 3.13. The Morgan fingerprint density at radius 1 is 1.14 bits per heavy atom. The maximum atomic E-state index is 13.1. The summed E-state index contributed by atoms with van der Waals surface area (Å²) in [5.74, 6) is -0.570. The fraction of sp³-hybridized carbons (Fsp3) is 0.312. The van der Waals surface area contributed by atoms with Crippen molar-refractivity contribution in [2.75, 3.05) is 0 Å². The van der Waals surface area contributed by atoms with Gasteiger partial charge in [-0.1, -0.05) is 6.07 Å². The van der Waals surface area contributed by atoms with Gasteiger partial charge in [0.25, 0.3) is 0 Å². The number of nitrogens with zero attached hydrogens (tertiary/aromatic N) is 1. The lowest BCUT2D eigenvalue weighted by Crippen LogP contribution is -2.16. The van der Waals surface area contributed by atoms with Gasteiger partial charge in [-0.05, 0) is 37.6 Å². The fourth-order valence-electron chi connectivity index (χ4n) is 1.94. The van der Waals surface area contributed by atoms with Crippen LogP contribution in [0, 0.1) is 11.6 Å². The largest absolute Gasteiger partial charge is 0.475 e. The van der Waals surface area contributed by atoms with Crippen LogP contribution >= 0.6 is 0 Å². The number of rotatable bonds is 6. The van der Waals surface area contributed by atoms with Crippen LogP contribution in [0.1, 0.15) is 25.0 Å². The van der Waals surface area contributed by atoms with E-state index >= 15 is 0 Å². The molecule has 2 rings (SSSR count). The number of benzene rings is 1. The Bertz CT molecular complexity index is 582. The van der Waals surface area contributed by atoms with Gasteiger partial charge in [-0.25, -0.2) is 13.8 Å². The quantitative estimate of drug-likeness (QED) is 0.885. The van der Waals surface area contributed by atoms with Gasteiger partial charge in [-0.2, -0.15) is 0 Å². The molecule has 1 aromatic carbocycles. The Hall–Kier alpha value is -2.01. The van der Waals surface area contributed by atoms with E-state index in [9.17, 15) is 8.78 Å². The van der Waals surface area contributed by atoms with Gasteiger partial charge in [-0.3, -0.25) is 0 Å². The molecule has 1 heterocycles. The van der Waals surface area contributed by atoms with Crippen molar-refractivity contribution in [3.05, 3.63) is 59.3 Å². The smallest absolute Gasteiger partial charge is 0.218 e. The van der Waals surface area contributed by atoms with Crippen molar-refractivity contribution >= 4 is 0 Å². The molecule has 0 amide bonds. The zero-order valence-corrected chi connectivity index (χ0v) is 12.1. The summed E-state index contributed by atoms with van der Waals surface area (Å²) in [5.41, 5.74) is 1.46. The second kappa shape index (κ2) is 7.13. The molecular formula is C16H18F2N2O. The van der Waals surface area contributed by atoms with E-state index in [1.807, 2.05) is 26.0 Å².